The maximum absolute atomic E-state index is 2.56. The predicted octanol–water partition coefficient (Wildman–Crippen LogP) is 18.3. The van der Waals surface area contributed by atoms with Gasteiger partial charge in [-0.3, -0.25) is 0 Å². The Morgan fingerprint density at radius 3 is 1.19 bits per heavy atom. The number of benzene rings is 10. The lowest BCUT2D eigenvalue weighted by molar-refractivity contribution is 0.590. The van der Waals surface area contributed by atoms with E-state index in [4.69, 9.17) is 0 Å². The van der Waals surface area contributed by atoms with E-state index < -0.39 is 0 Å². The number of hydrogen-bond donors (Lipinski definition) is 0. The van der Waals surface area contributed by atoms with Gasteiger partial charge in [0.1, 0.15) is 0 Å². The summed E-state index contributed by atoms with van der Waals surface area (Å²) in [6.07, 6.45) is 0. The molecule has 2 aromatic heterocycles. The van der Waals surface area contributed by atoms with Gasteiger partial charge in [0.25, 0.3) is 0 Å². The molecule has 3 heteroatoms. The fourth-order valence-electron chi connectivity index (χ4n) is 10.9. The fourth-order valence-corrected chi connectivity index (χ4v) is 10.9. The smallest absolute Gasteiger partial charge is 0.0620 e. The van der Waals surface area contributed by atoms with Crippen molar-refractivity contribution in [1.82, 2.24) is 4.40 Å². The van der Waals surface area contributed by atoms with Crippen LogP contribution in [0.4, 0.5) is 34.1 Å². The molecule has 0 fully saturated rings. The third-order valence-corrected chi connectivity index (χ3v) is 14.2. The third-order valence-electron chi connectivity index (χ3n) is 14.2. The maximum atomic E-state index is 2.56. The molecule has 0 saturated carbocycles. The lowest BCUT2D eigenvalue weighted by atomic mass is 9.86. The average molecular weight is 864 g/mol. The predicted molar refractivity (Wildman–Crippen MR) is 289 cm³/mol. The zero-order valence-corrected chi connectivity index (χ0v) is 39.3. The molecule has 0 aliphatic heterocycles. The SMILES string of the molecule is Cc1cccc(C)c1N(c1ccccc1)c1ccc2cc3c4cc(-c5ccc(C(C)(C)C)cc5)cc5c6cc7ccc(N(c8ccccc8)c8c(C)cccc8C)cc7cc6n(c3cc2c1)c45. The second kappa shape index (κ2) is 15.4. The number of hydrogen-bond acceptors (Lipinski definition) is 2. The van der Waals surface area contributed by atoms with Gasteiger partial charge in [0.2, 0.25) is 0 Å². The van der Waals surface area contributed by atoms with E-state index in [1.807, 2.05) is 0 Å². The van der Waals surface area contributed by atoms with E-state index in [0.717, 1.165) is 22.7 Å². The summed E-state index contributed by atoms with van der Waals surface area (Å²) < 4.78 is 2.56. The molecule has 324 valence electrons. The summed E-state index contributed by atoms with van der Waals surface area (Å²) in [7, 11) is 0. The Morgan fingerprint density at radius 1 is 0.343 bits per heavy atom. The van der Waals surface area contributed by atoms with Crippen molar-refractivity contribution in [3.05, 3.63) is 222 Å². The highest BCUT2D eigenvalue weighted by Crippen LogP contribution is 2.47. The van der Waals surface area contributed by atoms with Crippen molar-refractivity contribution in [3.8, 4) is 11.1 Å². The van der Waals surface area contributed by atoms with Crippen molar-refractivity contribution in [2.45, 2.75) is 53.9 Å². The van der Waals surface area contributed by atoms with E-state index in [1.165, 1.54) is 110 Å². The van der Waals surface area contributed by atoms with Crippen LogP contribution in [0.15, 0.2) is 194 Å². The lowest BCUT2D eigenvalue weighted by Gasteiger charge is -2.29. The van der Waals surface area contributed by atoms with Gasteiger partial charge in [0.05, 0.1) is 27.9 Å². The van der Waals surface area contributed by atoms with Crippen molar-refractivity contribution in [2.24, 2.45) is 0 Å². The largest absolute Gasteiger partial charge is 0.310 e. The molecule has 0 bridgehead atoms. The number of nitrogens with zero attached hydrogens (tertiary/aromatic N) is 3. The van der Waals surface area contributed by atoms with Crippen molar-refractivity contribution in [1.29, 1.82) is 0 Å². The van der Waals surface area contributed by atoms with E-state index in [2.05, 4.69) is 257 Å². The summed E-state index contributed by atoms with van der Waals surface area (Å²) in [5.74, 6) is 0. The fraction of sp³-hybridized carbons (Fsp3) is 0.125. The highest BCUT2D eigenvalue weighted by Gasteiger charge is 2.24. The Kier molecular flexibility index (Phi) is 9.31. The molecule has 2 heterocycles. The average Bonchev–Trinajstić information content (AvgIpc) is 3.82. The van der Waals surface area contributed by atoms with Gasteiger partial charge in [-0.2, -0.15) is 0 Å². The molecular weight excluding hydrogens is 811 g/mol. The molecule has 67 heavy (non-hydrogen) atoms. The molecule has 0 unspecified atom stereocenters. The standard InChI is InChI=1S/C64H53N3/c1-40-16-14-17-41(2)61(40)65(51-20-10-8-11-21-51)53-30-26-45-34-55-57-36-49(44-24-28-50(29-25-44)64(5,6)7)37-58-56-35-46-27-31-54(33-48(46)39-60(56)67(63(57)58)59(55)38-47(45)32-53)66(52-22-12-9-13-23-52)62-42(3)18-15-19-43(62)4/h8-39H,1-7H3. The molecule has 12 rings (SSSR count). The van der Waals surface area contributed by atoms with Crippen molar-refractivity contribution >= 4 is 93.8 Å². The topological polar surface area (TPSA) is 10.9 Å². The number of aromatic nitrogens is 1. The minimum atomic E-state index is 0.0819. The lowest BCUT2D eigenvalue weighted by Crippen LogP contribution is -2.12. The Bertz CT molecular complexity index is 3610. The number of anilines is 6. The highest BCUT2D eigenvalue weighted by atomic mass is 15.2. The summed E-state index contributed by atoms with van der Waals surface area (Å²) in [4.78, 5) is 4.85. The molecule has 0 aliphatic carbocycles. The summed E-state index contributed by atoms with van der Waals surface area (Å²) in [5, 5.41) is 9.96. The summed E-state index contributed by atoms with van der Waals surface area (Å²) in [6.45, 7) is 15.7. The molecule has 0 aliphatic rings. The van der Waals surface area contributed by atoms with Crippen molar-refractivity contribution in [3.63, 3.8) is 0 Å². The minimum absolute atomic E-state index is 0.0819. The maximum Gasteiger partial charge on any atom is 0.0620 e. The summed E-state index contributed by atoms with van der Waals surface area (Å²) in [5.41, 5.74) is 19.6. The first-order valence-corrected chi connectivity index (χ1v) is 23.6. The second-order valence-electron chi connectivity index (χ2n) is 19.7. The third kappa shape index (κ3) is 6.63. The van der Waals surface area contributed by atoms with Crippen LogP contribution in [-0.2, 0) is 5.41 Å². The zero-order valence-electron chi connectivity index (χ0n) is 39.3. The molecule has 0 atom stereocenters. The number of rotatable bonds is 7. The normalized spacial score (nSPS) is 12.1. The quantitative estimate of drug-likeness (QED) is 0.158. The molecule has 0 spiro atoms. The van der Waals surface area contributed by atoms with Crippen molar-refractivity contribution in [2.75, 3.05) is 9.80 Å². The van der Waals surface area contributed by atoms with Gasteiger partial charge in [-0.25, -0.2) is 0 Å². The number of fused-ring (bicyclic) bond motifs is 8. The zero-order chi connectivity index (χ0) is 45.7. The minimum Gasteiger partial charge on any atom is -0.310 e. The van der Waals surface area contributed by atoms with Gasteiger partial charge < -0.3 is 14.2 Å². The van der Waals surface area contributed by atoms with Crippen LogP contribution in [0.1, 0.15) is 48.6 Å². The van der Waals surface area contributed by atoms with Crippen LogP contribution in [0.3, 0.4) is 0 Å². The number of aryl methyl sites for hydroxylation is 4. The molecule has 0 amide bonds. The summed E-state index contributed by atoms with van der Waals surface area (Å²) >= 11 is 0. The molecule has 0 saturated heterocycles. The van der Waals surface area contributed by atoms with E-state index in [1.54, 1.807) is 0 Å². The first-order valence-electron chi connectivity index (χ1n) is 23.6. The molecule has 12 aromatic rings. The molecule has 3 nitrogen and oxygen atoms in total. The van der Waals surface area contributed by atoms with E-state index in [0.29, 0.717) is 0 Å². The van der Waals surface area contributed by atoms with Gasteiger partial charge in [0.15, 0.2) is 0 Å². The molecule has 0 radical (unpaired) electrons. The first-order chi connectivity index (χ1) is 32.5. The van der Waals surface area contributed by atoms with Gasteiger partial charge in [0, 0.05) is 44.3 Å². The van der Waals surface area contributed by atoms with Crippen LogP contribution >= 0.6 is 0 Å². The van der Waals surface area contributed by atoms with E-state index in [9.17, 15) is 0 Å². The first kappa shape index (κ1) is 40.6. The van der Waals surface area contributed by atoms with Gasteiger partial charge in [-0.15, -0.1) is 0 Å². The Balaban J connectivity index is 1.12. The van der Waals surface area contributed by atoms with Crippen LogP contribution in [-0.4, -0.2) is 4.40 Å². The van der Waals surface area contributed by atoms with Crippen LogP contribution < -0.4 is 9.80 Å². The van der Waals surface area contributed by atoms with Gasteiger partial charge >= 0.3 is 0 Å². The van der Waals surface area contributed by atoms with Crippen LogP contribution in [0.2, 0.25) is 0 Å². The molecule has 0 N–H and O–H groups in total. The molecular formula is C64H53N3. The van der Waals surface area contributed by atoms with Crippen molar-refractivity contribution < 1.29 is 0 Å². The second-order valence-corrected chi connectivity index (χ2v) is 19.7. The molecule has 10 aromatic carbocycles. The van der Waals surface area contributed by atoms with E-state index in [-0.39, 0.29) is 5.41 Å². The van der Waals surface area contributed by atoms with Crippen LogP contribution in [0.5, 0.6) is 0 Å². The van der Waals surface area contributed by atoms with Crippen LogP contribution in [0.25, 0.3) is 70.8 Å². The van der Waals surface area contributed by atoms with Gasteiger partial charge in [-0.05, 0) is 179 Å². The van der Waals surface area contributed by atoms with E-state index >= 15 is 0 Å². The monoisotopic (exact) mass is 863 g/mol. The Hall–Kier alpha value is -7.88. The highest BCUT2D eigenvalue weighted by molar-refractivity contribution is 6.27. The summed E-state index contributed by atoms with van der Waals surface area (Å²) in [6, 6.07) is 72.6. The Labute approximate surface area is 393 Å². The van der Waals surface area contributed by atoms with Gasteiger partial charge in [-0.1, -0.05) is 130 Å². The van der Waals surface area contributed by atoms with Crippen LogP contribution in [0, 0.1) is 27.7 Å². The Morgan fingerprint density at radius 2 is 0.776 bits per heavy atom. The number of para-hydroxylation sites is 4.